The van der Waals surface area contributed by atoms with Gasteiger partial charge in [-0.3, -0.25) is 4.79 Å². The third kappa shape index (κ3) is 7.48. The molecule has 0 bridgehead atoms. The van der Waals surface area contributed by atoms with Crippen LogP contribution in [0.3, 0.4) is 0 Å². The zero-order valence-electron chi connectivity index (χ0n) is 14.2. The van der Waals surface area contributed by atoms with E-state index in [4.69, 9.17) is 5.11 Å². The molecule has 0 radical (unpaired) electrons. The van der Waals surface area contributed by atoms with Gasteiger partial charge in [0.1, 0.15) is 0 Å². The number of aliphatic carboxylic acids is 1. The number of carbonyl (C=O) groups is 1. The average Bonchev–Trinajstić information content (AvgIpc) is 2.52. The third-order valence-corrected chi connectivity index (χ3v) is 4.00. The monoisotopic (exact) mass is 305 g/mol. The van der Waals surface area contributed by atoms with Crippen LogP contribution in [0.1, 0.15) is 64.4 Å². The summed E-state index contributed by atoms with van der Waals surface area (Å²) >= 11 is 0. The van der Waals surface area contributed by atoms with Crippen molar-refractivity contribution in [3.8, 4) is 0 Å². The normalized spacial score (nSPS) is 10.6. The molecular weight excluding hydrogens is 274 g/mol. The first-order valence-electron chi connectivity index (χ1n) is 8.73. The van der Waals surface area contributed by atoms with Crippen LogP contribution < -0.4 is 4.90 Å². The Labute approximate surface area is 135 Å². The molecule has 1 aromatic carbocycles. The van der Waals surface area contributed by atoms with E-state index in [1.807, 2.05) is 0 Å². The summed E-state index contributed by atoms with van der Waals surface area (Å²) in [6, 6.07) is 8.66. The van der Waals surface area contributed by atoms with E-state index >= 15 is 0 Å². The Morgan fingerprint density at radius 2 is 1.64 bits per heavy atom. The van der Waals surface area contributed by atoms with Crippen LogP contribution in [-0.4, -0.2) is 24.2 Å². The Hall–Kier alpha value is -1.51. The number of carboxylic acids is 1. The first-order chi connectivity index (χ1) is 10.7. The van der Waals surface area contributed by atoms with E-state index in [0.29, 0.717) is 6.54 Å². The van der Waals surface area contributed by atoms with Gasteiger partial charge in [-0.05, 0) is 37.0 Å². The highest BCUT2D eigenvalue weighted by molar-refractivity contribution is 5.67. The highest BCUT2D eigenvalue weighted by atomic mass is 16.4. The first-order valence-corrected chi connectivity index (χ1v) is 8.73. The fraction of sp³-hybridized carbons (Fsp3) is 0.632. The van der Waals surface area contributed by atoms with E-state index in [0.717, 1.165) is 25.1 Å². The standard InChI is InChI=1S/C19H31NO2/c1-3-5-7-8-15-20(16-14-19(21)22)18-12-10-17(11-13-18)9-6-4-2/h10-13H,3-9,14-16H2,1-2H3,(H,21,22). The molecule has 0 atom stereocenters. The van der Waals surface area contributed by atoms with Crippen molar-refractivity contribution in [3.63, 3.8) is 0 Å². The summed E-state index contributed by atoms with van der Waals surface area (Å²) in [5.41, 5.74) is 2.52. The summed E-state index contributed by atoms with van der Waals surface area (Å²) in [7, 11) is 0. The van der Waals surface area contributed by atoms with Crippen LogP contribution in [0.15, 0.2) is 24.3 Å². The highest BCUT2D eigenvalue weighted by Gasteiger charge is 2.08. The van der Waals surface area contributed by atoms with Gasteiger partial charge in [-0.1, -0.05) is 51.7 Å². The predicted molar refractivity (Wildman–Crippen MR) is 93.7 cm³/mol. The van der Waals surface area contributed by atoms with E-state index in [1.165, 1.54) is 37.7 Å². The Morgan fingerprint density at radius 1 is 0.955 bits per heavy atom. The molecule has 0 aromatic heterocycles. The van der Waals surface area contributed by atoms with Gasteiger partial charge >= 0.3 is 5.97 Å². The molecule has 0 saturated carbocycles. The van der Waals surface area contributed by atoms with Crippen molar-refractivity contribution in [3.05, 3.63) is 29.8 Å². The first kappa shape index (κ1) is 18.5. The zero-order valence-corrected chi connectivity index (χ0v) is 14.2. The zero-order chi connectivity index (χ0) is 16.2. The number of hydrogen-bond acceptors (Lipinski definition) is 2. The van der Waals surface area contributed by atoms with Gasteiger partial charge in [-0.15, -0.1) is 0 Å². The molecular formula is C19H31NO2. The predicted octanol–water partition coefficient (Wildman–Crippen LogP) is 4.89. The van der Waals surface area contributed by atoms with Gasteiger partial charge in [0.25, 0.3) is 0 Å². The van der Waals surface area contributed by atoms with Crippen LogP contribution >= 0.6 is 0 Å². The second kappa shape index (κ2) is 11.1. The number of nitrogens with zero attached hydrogens (tertiary/aromatic N) is 1. The van der Waals surface area contributed by atoms with Crippen LogP contribution in [-0.2, 0) is 11.2 Å². The van der Waals surface area contributed by atoms with E-state index in [-0.39, 0.29) is 6.42 Å². The number of aryl methyl sites for hydroxylation is 1. The summed E-state index contributed by atoms with van der Waals surface area (Å²) in [4.78, 5) is 13.1. The molecule has 0 aliphatic rings. The molecule has 0 aliphatic heterocycles. The molecule has 1 aromatic rings. The number of benzene rings is 1. The van der Waals surface area contributed by atoms with Gasteiger partial charge in [-0.2, -0.15) is 0 Å². The molecule has 3 nitrogen and oxygen atoms in total. The summed E-state index contributed by atoms with van der Waals surface area (Å²) in [5, 5.41) is 8.93. The fourth-order valence-electron chi connectivity index (χ4n) is 2.58. The van der Waals surface area contributed by atoms with Crippen molar-refractivity contribution >= 4 is 11.7 Å². The van der Waals surface area contributed by atoms with Crippen molar-refractivity contribution in [1.29, 1.82) is 0 Å². The summed E-state index contributed by atoms with van der Waals surface area (Å²) < 4.78 is 0. The summed E-state index contributed by atoms with van der Waals surface area (Å²) in [5.74, 6) is -0.724. The lowest BCUT2D eigenvalue weighted by atomic mass is 10.1. The minimum absolute atomic E-state index is 0.200. The molecule has 22 heavy (non-hydrogen) atoms. The number of carboxylic acid groups (broad SMARTS) is 1. The molecule has 0 heterocycles. The number of hydrogen-bond donors (Lipinski definition) is 1. The van der Waals surface area contributed by atoms with E-state index in [9.17, 15) is 4.79 Å². The number of rotatable bonds is 12. The molecule has 0 spiro atoms. The fourth-order valence-corrected chi connectivity index (χ4v) is 2.58. The molecule has 3 heteroatoms. The molecule has 1 rings (SSSR count). The Balaban J connectivity index is 2.61. The van der Waals surface area contributed by atoms with Crippen LogP contribution in [0.5, 0.6) is 0 Å². The lowest BCUT2D eigenvalue weighted by molar-refractivity contribution is -0.136. The molecule has 124 valence electrons. The Morgan fingerprint density at radius 3 is 2.23 bits per heavy atom. The van der Waals surface area contributed by atoms with Crippen molar-refractivity contribution in [1.82, 2.24) is 0 Å². The maximum atomic E-state index is 10.9. The van der Waals surface area contributed by atoms with Gasteiger partial charge in [0.15, 0.2) is 0 Å². The van der Waals surface area contributed by atoms with Gasteiger partial charge in [-0.25, -0.2) is 0 Å². The van der Waals surface area contributed by atoms with Crippen molar-refractivity contribution in [2.45, 2.75) is 65.2 Å². The van der Waals surface area contributed by atoms with Crippen molar-refractivity contribution < 1.29 is 9.90 Å². The highest BCUT2D eigenvalue weighted by Crippen LogP contribution is 2.18. The van der Waals surface area contributed by atoms with Crippen LogP contribution in [0.2, 0.25) is 0 Å². The van der Waals surface area contributed by atoms with Crippen molar-refractivity contribution in [2.24, 2.45) is 0 Å². The van der Waals surface area contributed by atoms with Crippen LogP contribution in [0.4, 0.5) is 5.69 Å². The smallest absolute Gasteiger partial charge is 0.305 e. The minimum Gasteiger partial charge on any atom is -0.481 e. The van der Waals surface area contributed by atoms with Gasteiger partial charge in [0.05, 0.1) is 6.42 Å². The number of unbranched alkanes of at least 4 members (excludes halogenated alkanes) is 4. The third-order valence-electron chi connectivity index (χ3n) is 4.00. The van der Waals surface area contributed by atoms with Crippen molar-refractivity contribution in [2.75, 3.05) is 18.0 Å². The average molecular weight is 305 g/mol. The molecule has 0 fully saturated rings. The quantitative estimate of drug-likeness (QED) is 0.559. The molecule has 0 amide bonds. The molecule has 0 saturated heterocycles. The van der Waals surface area contributed by atoms with E-state index in [2.05, 4.69) is 43.0 Å². The maximum absolute atomic E-state index is 10.9. The van der Waals surface area contributed by atoms with E-state index in [1.54, 1.807) is 0 Å². The topological polar surface area (TPSA) is 40.5 Å². The maximum Gasteiger partial charge on any atom is 0.305 e. The SMILES string of the molecule is CCCCCCN(CCC(=O)O)c1ccc(CCCC)cc1. The second-order valence-corrected chi connectivity index (χ2v) is 5.96. The van der Waals surface area contributed by atoms with Gasteiger partial charge in [0, 0.05) is 18.8 Å². The number of anilines is 1. The van der Waals surface area contributed by atoms with E-state index < -0.39 is 5.97 Å². The largest absolute Gasteiger partial charge is 0.481 e. The minimum atomic E-state index is -0.724. The summed E-state index contributed by atoms with van der Waals surface area (Å²) in [6.45, 7) is 5.95. The summed E-state index contributed by atoms with van der Waals surface area (Å²) in [6.07, 6.45) is 8.58. The Bertz CT molecular complexity index is 414. The lowest BCUT2D eigenvalue weighted by Crippen LogP contribution is -2.27. The van der Waals surface area contributed by atoms with Gasteiger partial charge in [0.2, 0.25) is 0 Å². The van der Waals surface area contributed by atoms with Gasteiger partial charge < -0.3 is 10.0 Å². The second-order valence-electron chi connectivity index (χ2n) is 5.96. The molecule has 1 N–H and O–H groups in total. The van der Waals surface area contributed by atoms with Crippen LogP contribution in [0.25, 0.3) is 0 Å². The Kier molecular flexibility index (Phi) is 9.36. The molecule has 0 unspecified atom stereocenters. The van der Waals surface area contributed by atoms with Crippen LogP contribution in [0, 0.1) is 0 Å². The lowest BCUT2D eigenvalue weighted by Gasteiger charge is -2.24. The molecule has 0 aliphatic carbocycles.